The Kier molecular flexibility index (Phi) is 28.0. The molecule has 6 saturated heterocycles. The van der Waals surface area contributed by atoms with E-state index in [2.05, 4.69) is 78.9 Å². The fraction of sp³-hybridized carbons (Fsp3) is 0.346. The number of nitrogens with zero attached hydrogens (tertiary/aromatic N) is 8. The number of rotatable bonds is 24. The molecule has 34 heteroatoms. The minimum absolute atomic E-state index is 0.0935. The third kappa shape index (κ3) is 22.0. The molecule has 0 saturated carbocycles. The molecule has 0 bridgehead atoms. The van der Waals surface area contributed by atoms with Crippen LogP contribution in [-0.2, 0) is 143 Å². The van der Waals surface area contributed by atoms with Crippen molar-refractivity contribution in [2.75, 3.05) is 39.3 Å². The maximum Gasteiger partial charge on any atom is 0.272 e. The molecule has 3 unspecified atom stereocenters. The number of carbonyl (C=O) groups excluding carboxylic acids is 12. The number of piperidine rings is 4. The third-order valence-electron chi connectivity index (χ3n) is 27.8. The zero-order valence-corrected chi connectivity index (χ0v) is 78.0. The summed E-state index contributed by atoms with van der Waals surface area (Å²) in [5, 5.41) is 11.5. The highest BCUT2D eigenvalue weighted by atomic mass is 32.1. The molecule has 9 aromatic carbocycles. The van der Waals surface area contributed by atoms with Gasteiger partial charge in [-0.2, -0.15) is 0 Å². The summed E-state index contributed by atoms with van der Waals surface area (Å²) in [6.45, 7) is 8.65. The molecule has 22 rings (SSSR count). The lowest BCUT2D eigenvalue weighted by atomic mass is 9.99. The average molecular weight is 1940 g/mol. The molecule has 12 amide bonds. The molecule has 0 aliphatic carbocycles. The van der Waals surface area contributed by atoms with Crippen LogP contribution in [0.3, 0.4) is 0 Å². The van der Waals surface area contributed by atoms with Gasteiger partial charge in [-0.25, -0.2) is 22.0 Å². The van der Waals surface area contributed by atoms with Crippen molar-refractivity contribution in [1.29, 1.82) is 0 Å². The summed E-state index contributed by atoms with van der Waals surface area (Å²) < 4.78 is 90.7. The van der Waals surface area contributed by atoms with E-state index in [9.17, 15) is 79.5 Å². The Morgan fingerprint density at radius 1 is 0.312 bits per heavy atom. The Balaban J connectivity index is 0.000000120. The number of thiophene rings is 1. The van der Waals surface area contributed by atoms with Gasteiger partial charge in [0.05, 0.1) is 45.8 Å². The van der Waals surface area contributed by atoms with Gasteiger partial charge in [-0.1, -0.05) is 127 Å². The molecule has 141 heavy (non-hydrogen) atoms. The molecule has 1 aromatic heterocycles. The Morgan fingerprint density at radius 2 is 0.624 bits per heavy atom. The normalized spacial score (nSPS) is 20.7. The first-order valence-corrected chi connectivity index (χ1v) is 48.3. The van der Waals surface area contributed by atoms with Crippen LogP contribution in [0.1, 0.15) is 188 Å². The molecule has 13 heterocycles. The van der Waals surface area contributed by atoms with E-state index < -0.39 is 59.6 Å². The Hall–Kier alpha value is -14.2. The van der Waals surface area contributed by atoms with Crippen molar-refractivity contribution in [3.05, 3.63) is 316 Å². The van der Waals surface area contributed by atoms with E-state index in [1.54, 1.807) is 81.4 Å². The molecule has 0 spiro atoms. The highest BCUT2D eigenvalue weighted by Gasteiger charge is 2.47. The van der Waals surface area contributed by atoms with E-state index in [0.29, 0.717) is 110 Å². The van der Waals surface area contributed by atoms with Crippen LogP contribution in [0.2, 0.25) is 0 Å². The van der Waals surface area contributed by atoms with Gasteiger partial charge in [0.2, 0.25) is 47.3 Å². The number of nitrogens with one attached hydrogen (secondary N) is 4. The summed E-state index contributed by atoms with van der Waals surface area (Å²) in [5.41, 5.74) is 17.2. The highest BCUT2D eigenvalue weighted by Crippen LogP contribution is 2.41. The summed E-state index contributed by atoms with van der Waals surface area (Å²) in [6.07, 6.45) is 4.11. The van der Waals surface area contributed by atoms with Crippen molar-refractivity contribution in [2.45, 2.75) is 199 Å². The van der Waals surface area contributed by atoms with Crippen molar-refractivity contribution in [2.24, 2.45) is 0 Å². The predicted octanol–water partition coefficient (Wildman–Crippen LogP) is 12.7. The van der Waals surface area contributed by atoms with Gasteiger partial charge in [-0.05, 0) is 172 Å². The lowest BCUT2D eigenvalue weighted by Gasteiger charge is -2.38. The molecular formula is C107H103F5N12O16S. The maximum absolute atomic E-state index is 13.6. The standard InChI is InChI=1S/C30H28FN3O4.C28H27N3O4S.C25H25F2N3O4.C24H23F2N3O4/c31-23-9-8-21-12-13-33(16-22(21)14-23)15-19-4-6-20(7-5-19)18-38-27-3-1-2-24-25(27)17-34(30(24)37)26-10-11-28(35)32-29(26)36;32-26-9-8-23(27(33)29-26)31-15-22-21(28(31)34)2-1-3-24(22)35-17-19-6-4-18(5-7-19)14-30-12-10-20-11-13-36-25(20)16-30;26-25(27)10-11-29(15-25)12-16-4-6-17(7-5-16)14-34-21-3-1-2-18-19(21)13-30(24(18)33)20-8-9-22(31)28-23(20)32;25-24(26)13-28(14-24)10-15-4-6-16(7-5-15)12-33-20-3-1-2-17-18(20)11-29(23(17)32)19-8-9-21(30)27-22(19)31/h1-9,14,26H,10-13,15-18H2,(H,32,35,36);1-7,11,13,23H,8-10,12,14-17H2,(H,29,32,33);1-7,20H,8-15H2,(H,28,31,32);1-7,19H,8-14H2,(H,27,30,31)/t26-;;;/m0.../s1. The SMILES string of the molecule is O=C1CCC(N2Cc3c(OCc4ccc(CN5CC(F)(F)C5)cc4)cccc3C2=O)C(=O)N1.O=C1CCC(N2Cc3c(OCc4ccc(CN5CCC(F)(F)C5)cc4)cccc3C2=O)C(=O)N1.O=C1CCC(N2Cc3c(OCc4ccc(CN5CCc6ccsc6C5)cc4)cccc3C2=O)C(=O)N1.O=C1CC[C@H](N2Cc3c(OCc4ccc(CN5CCc6ccc(F)cc6C5)cc4)cccc3C2=O)C(=O)N1. The summed E-state index contributed by atoms with van der Waals surface area (Å²) in [5.74, 6) is -6.80. The second kappa shape index (κ2) is 41.3. The molecular weight excluding hydrogens is 1840 g/mol. The van der Waals surface area contributed by atoms with E-state index in [1.807, 2.05) is 90.2 Å². The summed E-state index contributed by atoms with van der Waals surface area (Å²) in [6, 6.07) is 58.0. The molecule has 4 atom stereocenters. The van der Waals surface area contributed by atoms with Gasteiger partial charge < -0.3 is 38.5 Å². The van der Waals surface area contributed by atoms with Crippen LogP contribution in [0, 0.1) is 5.82 Å². The van der Waals surface area contributed by atoms with Crippen LogP contribution in [0.25, 0.3) is 0 Å². The molecule has 28 nitrogen and oxygen atoms in total. The molecule has 12 aliphatic rings. The number of ether oxygens (including phenoxy) is 4. The fourth-order valence-electron chi connectivity index (χ4n) is 20.2. The number of hydrogen-bond donors (Lipinski definition) is 4. The molecule has 0 radical (unpaired) electrons. The molecule has 10 aromatic rings. The minimum Gasteiger partial charge on any atom is -0.489 e. The lowest BCUT2D eigenvalue weighted by molar-refractivity contribution is -0.138. The van der Waals surface area contributed by atoms with Crippen molar-refractivity contribution in [3.63, 3.8) is 0 Å². The summed E-state index contributed by atoms with van der Waals surface area (Å²) in [4.78, 5) is 163. The van der Waals surface area contributed by atoms with Crippen molar-refractivity contribution >= 4 is 82.2 Å². The van der Waals surface area contributed by atoms with Crippen molar-refractivity contribution < 1.29 is 98.4 Å². The quantitative estimate of drug-likeness (QED) is 0.0323. The monoisotopic (exact) mass is 1940 g/mol. The van der Waals surface area contributed by atoms with Crippen LogP contribution in [0.5, 0.6) is 23.0 Å². The van der Waals surface area contributed by atoms with Gasteiger partial charge in [0.25, 0.3) is 35.5 Å². The van der Waals surface area contributed by atoms with Gasteiger partial charge in [0.15, 0.2) is 0 Å². The topological polar surface area (TPSA) is 316 Å². The van der Waals surface area contributed by atoms with Crippen molar-refractivity contribution in [1.82, 2.24) is 60.5 Å². The van der Waals surface area contributed by atoms with Crippen LogP contribution in [-0.4, -0.2) is 185 Å². The number of likely N-dealkylation sites (tertiary alicyclic amines) is 2. The molecule has 728 valence electrons. The minimum atomic E-state index is -2.60. The Labute approximate surface area is 813 Å². The summed E-state index contributed by atoms with van der Waals surface area (Å²) >= 11 is 1.85. The van der Waals surface area contributed by atoms with E-state index >= 15 is 0 Å². The van der Waals surface area contributed by atoms with Crippen LogP contribution < -0.4 is 40.2 Å². The second-order valence-electron chi connectivity index (χ2n) is 37.7. The number of imide groups is 4. The first-order chi connectivity index (χ1) is 68.1. The highest BCUT2D eigenvalue weighted by molar-refractivity contribution is 7.10. The van der Waals surface area contributed by atoms with E-state index in [0.717, 1.165) is 113 Å². The van der Waals surface area contributed by atoms with Gasteiger partial charge >= 0.3 is 0 Å². The first-order valence-electron chi connectivity index (χ1n) is 47.4. The number of amides is 12. The molecule has 4 N–H and O–H groups in total. The Bertz CT molecular complexity index is 6560. The van der Waals surface area contributed by atoms with E-state index in [4.69, 9.17) is 18.9 Å². The number of carbonyl (C=O) groups is 12. The number of hydrogen-bond acceptors (Lipinski definition) is 21. The second-order valence-corrected chi connectivity index (χ2v) is 38.7. The maximum atomic E-state index is 13.6. The van der Waals surface area contributed by atoms with E-state index in [1.165, 1.54) is 47.9 Å². The zero-order chi connectivity index (χ0) is 97.9. The predicted molar refractivity (Wildman–Crippen MR) is 504 cm³/mol. The number of alkyl halides is 4. The molecule has 6 fully saturated rings. The van der Waals surface area contributed by atoms with E-state index in [-0.39, 0.29) is 138 Å². The van der Waals surface area contributed by atoms with Gasteiger partial charge in [-0.15, -0.1) is 11.3 Å². The van der Waals surface area contributed by atoms with Gasteiger partial charge in [0.1, 0.15) is 79.4 Å². The zero-order valence-electron chi connectivity index (χ0n) is 77.2. The van der Waals surface area contributed by atoms with Crippen LogP contribution >= 0.6 is 11.3 Å². The lowest BCUT2D eigenvalue weighted by Crippen LogP contribution is -2.55. The van der Waals surface area contributed by atoms with Crippen LogP contribution in [0.4, 0.5) is 22.0 Å². The van der Waals surface area contributed by atoms with Crippen LogP contribution in [0.15, 0.2) is 200 Å². The largest absolute Gasteiger partial charge is 0.489 e. The number of benzene rings is 9. The first kappa shape index (κ1) is 95.7. The fourth-order valence-corrected chi connectivity index (χ4v) is 21.2. The molecule has 12 aliphatic heterocycles. The Morgan fingerprint density at radius 3 is 0.950 bits per heavy atom. The smallest absolute Gasteiger partial charge is 0.272 e. The van der Waals surface area contributed by atoms with Crippen molar-refractivity contribution in [3.8, 4) is 23.0 Å². The van der Waals surface area contributed by atoms with Gasteiger partial charge in [0, 0.05) is 140 Å². The third-order valence-corrected chi connectivity index (χ3v) is 28.7. The summed E-state index contributed by atoms with van der Waals surface area (Å²) in [7, 11) is 0. The average Bonchev–Trinajstić information content (AvgIpc) is 1.63. The van der Waals surface area contributed by atoms with Gasteiger partial charge in [-0.3, -0.25) is 98.4 Å². The number of halogens is 5. The number of fused-ring (bicyclic) bond motifs is 6.